The van der Waals surface area contributed by atoms with Crippen molar-refractivity contribution < 1.29 is 0 Å². The fraction of sp³-hybridized carbons (Fsp3) is 0.308. The number of aryl methyl sites for hydroxylation is 1. The third-order valence-electron chi connectivity index (χ3n) is 2.65. The molecule has 1 aromatic carbocycles. The summed E-state index contributed by atoms with van der Waals surface area (Å²) >= 11 is 12.2. The second-order valence-electron chi connectivity index (χ2n) is 3.93. The topological polar surface area (TPSA) is 17.8 Å². The molecular formula is C13H14Cl2N2. The van der Waals surface area contributed by atoms with Crippen LogP contribution >= 0.6 is 23.2 Å². The van der Waals surface area contributed by atoms with E-state index in [0.717, 1.165) is 24.2 Å². The molecule has 1 aromatic heterocycles. The number of hydrogen-bond donors (Lipinski definition) is 0. The summed E-state index contributed by atoms with van der Waals surface area (Å²) < 4.78 is 2.11. The summed E-state index contributed by atoms with van der Waals surface area (Å²) in [6.07, 6.45) is 5.86. The Labute approximate surface area is 111 Å². The molecule has 0 atom stereocenters. The molecule has 2 aromatic rings. The summed E-state index contributed by atoms with van der Waals surface area (Å²) in [6.45, 7) is 2.86. The molecule has 0 radical (unpaired) electrons. The minimum atomic E-state index is 0.598. The van der Waals surface area contributed by atoms with E-state index in [4.69, 9.17) is 23.2 Å². The van der Waals surface area contributed by atoms with Crippen LogP contribution in [0.4, 0.5) is 0 Å². The zero-order valence-electron chi connectivity index (χ0n) is 9.66. The van der Waals surface area contributed by atoms with Crippen LogP contribution in [0.3, 0.4) is 0 Å². The lowest BCUT2D eigenvalue weighted by atomic mass is 10.2. The first-order chi connectivity index (χ1) is 8.22. The number of halogens is 2. The Kier molecular flexibility index (Phi) is 4.08. The zero-order chi connectivity index (χ0) is 12.3. The van der Waals surface area contributed by atoms with Gasteiger partial charge in [0.2, 0.25) is 0 Å². The molecule has 0 bridgehead atoms. The van der Waals surface area contributed by atoms with Crippen LogP contribution in [0.1, 0.15) is 24.7 Å². The van der Waals surface area contributed by atoms with Crippen LogP contribution in [0.5, 0.6) is 0 Å². The van der Waals surface area contributed by atoms with Gasteiger partial charge < -0.3 is 4.57 Å². The van der Waals surface area contributed by atoms with E-state index in [0.29, 0.717) is 16.6 Å². The summed E-state index contributed by atoms with van der Waals surface area (Å²) in [5.41, 5.74) is 1.02. The average molecular weight is 269 g/mol. The molecule has 0 saturated carbocycles. The number of rotatable bonds is 4. The molecule has 0 aliphatic rings. The van der Waals surface area contributed by atoms with Crippen molar-refractivity contribution in [2.45, 2.75) is 26.3 Å². The van der Waals surface area contributed by atoms with Crippen molar-refractivity contribution in [1.82, 2.24) is 9.55 Å². The Bertz CT molecular complexity index is 506. The maximum Gasteiger partial charge on any atom is 0.108 e. The highest BCUT2D eigenvalue weighted by molar-refractivity contribution is 6.42. The second kappa shape index (κ2) is 5.56. The van der Waals surface area contributed by atoms with Crippen LogP contribution in [-0.4, -0.2) is 9.55 Å². The number of hydrogen-bond acceptors (Lipinski definition) is 1. The molecule has 2 nitrogen and oxygen atoms in total. The van der Waals surface area contributed by atoms with Crippen LogP contribution in [0.25, 0.3) is 0 Å². The molecule has 0 aliphatic heterocycles. The summed E-state index contributed by atoms with van der Waals surface area (Å²) in [5, 5.41) is 1.23. The summed E-state index contributed by atoms with van der Waals surface area (Å²) in [6, 6.07) is 5.71. The quantitative estimate of drug-likeness (QED) is 0.813. The maximum absolute atomic E-state index is 6.17. The van der Waals surface area contributed by atoms with Gasteiger partial charge in [-0.1, -0.05) is 42.3 Å². The van der Waals surface area contributed by atoms with Crippen molar-refractivity contribution in [1.29, 1.82) is 0 Å². The monoisotopic (exact) mass is 268 g/mol. The van der Waals surface area contributed by atoms with Crippen LogP contribution in [0.2, 0.25) is 10.0 Å². The van der Waals surface area contributed by atoms with Gasteiger partial charge in [0.15, 0.2) is 0 Å². The molecule has 17 heavy (non-hydrogen) atoms. The Morgan fingerprint density at radius 2 is 2.12 bits per heavy atom. The lowest BCUT2D eigenvalue weighted by molar-refractivity contribution is 0.705. The molecule has 0 unspecified atom stereocenters. The first-order valence-corrected chi connectivity index (χ1v) is 6.41. The van der Waals surface area contributed by atoms with Gasteiger partial charge in [-0.05, 0) is 18.1 Å². The van der Waals surface area contributed by atoms with E-state index in [2.05, 4.69) is 16.5 Å². The molecule has 0 spiro atoms. The molecule has 0 fully saturated rings. The first-order valence-electron chi connectivity index (χ1n) is 5.65. The second-order valence-corrected chi connectivity index (χ2v) is 4.72. The van der Waals surface area contributed by atoms with Gasteiger partial charge in [-0.25, -0.2) is 4.98 Å². The van der Waals surface area contributed by atoms with Crippen molar-refractivity contribution in [3.8, 4) is 0 Å². The highest BCUT2D eigenvalue weighted by Gasteiger charge is 2.07. The third-order valence-corrected chi connectivity index (χ3v) is 3.51. The Morgan fingerprint density at radius 1 is 1.29 bits per heavy atom. The fourth-order valence-corrected chi connectivity index (χ4v) is 2.17. The molecule has 4 heteroatoms. The Balaban J connectivity index is 2.25. The van der Waals surface area contributed by atoms with Crippen molar-refractivity contribution in [3.05, 3.63) is 52.0 Å². The summed E-state index contributed by atoms with van der Waals surface area (Å²) in [7, 11) is 0. The molecule has 0 N–H and O–H groups in total. The number of aromatic nitrogens is 2. The van der Waals surface area contributed by atoms with Gasteiger partial charge >= 0.3 is 0 Å². The maximum atomic E-state index is 6.17. The number of nitrogens with zero attached hydrogens (tertiary/aromatic N) is 2. The van der Waals surface area contributed by atoms with E-state index >= 15 is 0 Å². The fourth-order valence-electron chi connectivity index (χ4n) is 1.79. The number of benzene rings is 1. The lowest BCUT2D eigenvalue weighted by Crippen LogP contribution is -2.04. The standard InChI is InChI=1S/C13H14Cl2N2/c1-2-4-12-16-7-8-17(12)9-10-5-3-6-11(14)13(10)15/h3,5-8H,2,4,9H2,1H3. The van der Waals surface area contributed by atoms with Crippen molar-refractivity contribution in [2.24, 2.45) is 0 Å². The predicted molar refractivity (Wildman–Crippen MR) is 71.8 cm³/mol. The van der Waals surface area contributed by atoms with Gasteiger partial charge in [-0.15, -0.1) is 0 Å². The van der Waals surface area contributed by atoms with Gasteiger partial charge in [0, 0.05) is 18.8 Å². The van der Waals surface area contributed by atoms with Gasteiger partial charge in [0.05, 0.1) is 16.6 Å². The Morgan fingerprint density at radius 3 is 2.88 bits per heavy atom. The molecule has 1 heterocycles. The zero-order valence-corrected chi connectivity index (χ0v) is 11.2. The minimum absolute atomic E-state index is 0.598. The van der Waals surface area contributed by atoms with Crippen LogP contribution < -0.4 is 0 Å². The van der Waals surface area contributed by atoms with E-state index < -0.39 is 0 Å². The molecule has 0 saturated heterocycles. The summed E-state index contributed by atoms with van der Waals surface area (Å²) in [5.74, 6) is 1.09. The first kappa shape index (κ1) is 12.5. The molecule has 0 aliphatic carbocycles. The largest absolute Gasteiger partial charge is 0.330 e. The van der Waals surface area contributed by atoms with Gasteiger partial charge in [0.1, 0.15) is 5.82 Å². The van der Waals surface area contributed by atoms with Gasteiger partial charge in [-0.3, -0.25) is 0 Å². The lowest BCUT2D eigenvalue weighted by Gasteiger charge is -2.09. The van der Waals surface area contributed by atoms with E-state index in [1.165, 1.54) is 0 Å². The molecule has 90 valence electrons. The molecule has 2 rings (SSSR count). The highest BCUT2D eigenvalue weighted by atomic mass is 35.5. The highest BCUT2D eigenvalue weighted by Crippen LogP contribution is 2.26. The average Bonchev–Trinajstić information content (AvgIpc) is 2.73. The van der Waals surface area contributed by atoms with Crippen molar-refractivity contribution in [3.63, 3.8) is 0 Å². The SMILES string of the molecule is CCCc1nccn1Cc1cccc(Cl)c1Cl. The molecule has 0 amide bonds. The summed E-state index contributed by atoms with van der Waals surface area (Å²) in [4.78, 5) is 4.34. The van der Waals surface area contributed by atoms with Crippen molar-refractivity contribution >= 4 is 23.2 Å². The van der Waals surface area contributed by atoms with Gasteiger partial charge in [0.25, 0.3) is 0 Å². The van der Waals surface area contributed by atoms with Crippen LogP contribution in [0, 0.1) is 0 Å². The van der Waals surface area contributed by atoms with E-state index in [9.17, 15) is 0 Å². The van der Waals surface area contributed by atoms with E-state index in [1.54, 1.807) is 6.07 Å². The van der Waals surface area contributed by atoms with E-state index in [-0.39, 0.29) is 0 Å². The normalized spacial score (nSPS) is 10.8. The molecular weight excluding hydrogens is 255 g/mol. The third kappa shape index (κ3) is 2.82. The predicted octanol–water partition coefficient (Wildman–Crippen LogP) is 4.19. The smallest absolute Gasteiger partial charge is 0.108 e. The van der Waals surface area contributed by atoms with Crippen molar-refractivity contribution in [2.75, 3.05) is 0 Å². The Hall–Kier alpha value is -0.990. The van der Waals surface area contributed by atoms with Crippen LogP contribution in [0.15, 0.2) is 30.6 Å². The minimum Gasteiger partial charge on any atom is -0.330 e. The number of imidazole rings is 1. The van der Waals surface area contributed by atoms with E-state index in [1.807, 2.05) is 24.5 Å². The van der Waals surface area contributed by atoms with Gasteiger partial charge in [-0.2, -0.15) is 0 Å². The van der Waals surface area contributed by atoms with Crippen LogP contribution in [-0.2, 0) is 13.0 Å².